The summed E-state index contributed by atoms with van der Waals surface area (Å²) < 4.78 is 0. The second-order valence-corrected chi connectivity index (χ2v) is 3.39. The van der Waals surface area contributed by atoms with E-state index in [4.69, 9.17) is 10.8 Å². The van der Waals surface area contributed by atoms with Crippen molar-refractivity contribution in [1.82, 2.24) is 0 Å². The van der Waals surface area contributed by atoms with E-state index in [1.807, 2.05) is 0 Å². The number of hydrogen-bond donors (Lipinski definition) is 2. The van der Waals surface area contributed by atoms with Crippen LogP contribution in [0.5, 0.6) is 0 Å². The van der Waals surface area contributed by atoms with E-state index >= 15 is 0 Å². The standard InChI is InChI=1S/C10H10N2O3/c11-10(15)12-4-3-6-5-7(9(13)14)1-2-8(6)12/h1-2,5H,3-4H2,(H2,11,15)(H,13,14). The molecule has 0 bridgehead atoms. The maximum absolute atomic E-state index is 11.0. The van der Waals surface area contributed by atoms with Crippen molar-refractivity contribution in [2.45, 2.75) is 6.42 Å². The van der Waals surface area contributed by atoms with Crippen molar-refractivity contribution in [3.05, 3.63) is 29.3 Å². The van der Waals surface area contributed by atoms with Crippen LogP contribution in [0.25, 0.3) is 0 Å². The Bertz CT molecular complexity index is 442. The predicted molar refractivity (Wildman–Crippen MR) is 54.0 cm³/mol. The summed E-state index contributed by atoms with van der Waals surface area (Å²) in [5, 5.41) is 8.79. The minimum atomic E-state index is -0.963. The van der Waals surface area contributed by atoms with Gasteiger partial charge in [0.05, 0.1) is 5.56 Å². The van der Waals surface area contributed by atoms with Crippen LogP contribution in [0.4, 0.5) is 10.5 Å². The molecule has 1 aromatic rings. The number of carbonyl (C=O) groups excluding carboxylic acids is 1. The zero-order valence-corrected chi connectivity index (χ0v) is 7.93. The SMILES string of the molecule is NC(=O)N1CCc2cc(C(=O)O)ccc21. The van der Waals surface area contributed by atoms with Gasteiger partial charge in [0.2, 0.25) is 0 Å². The first kappa shape index (κ1) is 9.51. The van der Waals surface area contributed by atoms with Crippen LogP contribution < -0.4 is 10.6 Å². The number of rotatable bonds is 1. The summed E-state index contributed by atoms with van der Waals surface area (Å²) in [6.45, 7) is 0.522. The first-order valence-electron chi connectivity index (χ1n) is 4.53. The molecule has 0 fully saturated rings. The fourth-order valence-electron chi connectivity index (χ4n) is 1.76. The van der Waals surface area contributed by atoms with Crippen molar-refractivity contribution in [2.24, 2.45) is 5.73 Å². The smallest absolute Gasteiger partial charge is 0.335 e. The Morgan fingerprint density at radius 3 is 2.73 bits per heavy atom. The Morgan fingerprint density at radius 1 is 1.40 bits per heavy atom. The molecule has 0 spiro atoms. The van der Waals surface area contributed by atoms with Gasteiger partial charge in [-0.05, 0) is 30.2 Å². The maximum atomic E-state index is 11.0. The average molecular weight is 206 g/mol. The van der Waals surface area contributed by atoms with Crippen molar-refractivity contribution >= 4 is 17.7 Å². The summed E-state index contributed by atoms with van der Waals surface area (Å²) in [5.41, 5.74) is 6.99. The molecule has 1 aliphatic rings. The summed E-state index contributed by atoms with van der Waals surface area (Å²) >= 11 is 0. The Balaban J connectivity index is 2.42. The van der Waals surface area contributed by atoms with Crippen LogP contribution in [-0.2, 0) is 6.42 Å². The van der Waals surface area contributed by atoms with E-state index in [9.17, 15) is 9.59 Å². The van der Waals surface area contributed by atoms with Gasteiger partial charge in [-0.3, -0.25) is 4.90 Å². The molecule has 2 amide bonds. The van der Waals surface area contributed by atoms with Crippen molar-refractivity contribution < 1.29 is 14.7 Å². The van der Waals surface area contributed by atoms with Gasteiger partial charge in [-0.15, -0.1) is 0 Å². The lowest BCUT2D eigenvalue weighted by Gasteiger charge is -2.13. The highest BCUT2D eigenvalue weighted by Gasteiger charge is 2.23. The summed E-state index contributed by atoms with van der Waals surface area (Å²) in [6.07, 6.45) is 0.652. The number of benzene rings is 1. The van der Waals surface area contributed by atoms with Crippen LogP contribution in [0.1, 0.15) is 15.9 Å². The summed E-state index contributed by atoms with van der Waals surface area (Å²) in [5.74, 6) is -0.963. The second kappa shape index (κ2) is 3.27. The summed E-state index contributed by atoms with van der Waals surface area (Å²) in [6, 6.07) is 4.18. The van der Waals surface area contributed by atoms with E-state index in [0.717, 1.165) is 5.56 Å². The van der Waals surface area contributed by atoms with E-state index in [2.05, 4.69) is 0 Å². The molecule has 1 heterocycles. The van der Waals surface area contributed by atoms with Crippen molar-refractivity contribution in [2.75, 3.05) is 11.4 Å². The number of hydrogen-bond acceptors (Lipinski definition) is 2. The number of nitrogens with two attached hydrogens (primary N) is 1. The number of amides is 2. The first-order valence-corrected chi connectivity index (χ1v) is 4.53. The van der Waals surface area contributed by atoms with Gasteiger partial charge >= 0.3 is 12.0 Å². The lowest BCUT2D eigenvalue weighted by molar-refractivity contribution is 0.0697. The number of urea groups is 1. The Morgan fingerprint density at radius 2 is 2.13 bits per heavy atom. The number of aromatic carboxylic acids is 1. The van der Waals surface area contributed by atoms with Crippen LogP contribution in [-0.4, -0.2) is 23.7 Å². The molecular formula is C10H10N2O3. The molecule has 78 valence electrons. The van der Waals surface area contributed by atoms with Crippen LogP contribution in [0.2, 0.25) is 0 Å². The number of carbonyl (C=O) groups is 2. The molecule has 1 aliphatic heterocycles. The topological polar surface area (TPSA) is 83.6 Å². The normalized spacial score (nSPS) is 13.7. The molecule has 2 rings (SSSR count). The lowest BCUT2D eigenvalue weighted by atomic mass is 10.1. The molecule has 0 radical (unpaired) electrons. The van der Waals surface area contributed by atoms with E-state index < -0.39 is 12.0 Å². The van der Waals surface area contributed by atoms with Gasteiger partial charge in [0.1, 0.15) is 0 Å². The van der Waals surface area contributed by atoms with E-state index in [-0.39, 0.29) is 5.56 Å². The van der Waals surface area contributed by atoms with Gasteiger partial charge in [-0.25, -0.2) is 9.59 Å². The average Bonchev–Trinajstić information content (AvgIpc) is 2.59. The molecule has 1 aromatic carbocycles. The fourth-order valence-corrected chi connectivity index (χ4v) is 1.76. The molecule has 0 saturated heterocycles. The van der Waals surface area contributed by atoms with Gasteiger partial charge in [-0.1, -0.05) is 0 Å². The molecule has 0 aromatic heterocycles. The molecular weight excluding hydrogens is 196 g/mol. The third kappa shape index (κ3) is 1.52. The maximum Gasteiger partial charge on any atom is 0.335 e. The molecule has 0 saturated carbocycles. The van der Waals surface area contributed by atoms with Crippen LogP contribution >= 0.6 is 0 Å². The predicted octanol–water partition coefficient (Wildman–Crippen LogP) is 0.826. The van der Waals surface area contributed by atoms with Gasteiger partial charge in [0.25, 0.3) is 0 Å². The second-order valence-electron chi connectivity index (χ2n) is 3.39. The van der Waals surface area contributed by atoms with Crippen molar-refractivity contribution in [1.29, 1.82) is 0 Å². The third-order valence-corrected chi connectivity index (χ3v) is 2.49. The number of fused-ring (bicyclic) bond motifs is 1. The van der Waals surface area contributed by atoms with Crippen LogP contribution in [0.3, 0.4) is 0 Å². The highest BCUT2D eigenvalue weighted by molar-refractivity contribution is 5.95. The van der Waals surface area contributed by atoms with Gasteiger partial charge < -0.3 is 10.8 Å². The van der Waals surface area contributed by atoms with E-state index in [1.54, 1.807) is 12.1 Å². The number of nitrogens with zero attached hydrogens (tertiary/aromatic N) is 1. The van der Waals surface area contributed by atoms with Gasteiger partial charge in [-0.2, -0.15) is 0 Å². The number of anilines is 1. The van der Waals surface area contributed by atoms with Crippen LogP contribution in [0, 0.1) is 0 Å². The minimum absolute atomic E-state index is 0.236. The van der Waals surface area contributed by atoms with E-state index in [0.29, 0.717) is 18.7 Å². The molecule has 3 N–H and O–H groups in total. The number of carboxylic acids is 1. The monoisotopic (exact) mass is 206 g/mol. The lowest BCUT2D eigenvalue weighted by Crippen LogP contribution is -2.33. The quantitative estimate of drug-likeness (QED) is 0.713. The summed E-state index contributed by atoms with van der Waals surface area (Å²) in [4.78, 5) is 23.2. The zero-order valence-electron chi connectivity index (χ0n) is 7.93. The highest BCUT2D eigenvalue weighted by Crippen LogP contribution is 2.28. The van der Waals surface area contributed by atoms with Crippen molar-refractivity contribution in [3.63, 3.8) is 0 Å². The largest absolute Gasteiger partial charge is 0.478 e. The number of carboxylic acid groups (broad SMARTS) is 1. The Hall–Kier alpha value is -2.04. The van der Waals surface area contributed by atoms with Gasteiger partial charge in [0, 0.05) is 12.2 Å². The van der Waals surface area contributed by atoms with E-state index in [1.165, 1.54) is 11.0 Å². The molecule has 5 heteroatoms. The molecule has 5 nitrogen and oxygen atoms in total. The molecule has 0 aliphatic carbocycles. The first-order chi connectivity index (χ1) is 7.09. The highest BCUT2D eigenvalue weighted by atomic mass is 16.4. The zero-order chi connectivity index (χ0) is 11.0. The third-order valence-electron chi connectivity index (χ3n) is 2.49. The molecule has 15 heavy (non-hydrogen) atoms. The Kier molecular flexibility index (Phi) is 2.07. The van der Waals surface area contributed by atoms with Crippen molar-refractivity contribution in [3.8, 4) is 0 Å². The van der Waals surface area contributed by atoms with Crippen LogP contribution in [0.15, 0.2) is 18.2 Å². The molecule has 0 unspecified atom stereocenters. The summed E-state index contributed by atoms with van der Waals surface area (Å²) in [7, 11) is 0. The molecule has 0 atom stereocenters. The fraction of sp³-hybridized carbons (Fsp3) is 0.200. The number of primary amides is 1. The van der Waals surface area contributed by atoms with Gasteiger partial charge in [0.15, 0.2) is 0 Å². The Labute approximate surface area is 86.1 Å². The minimum Gasteiger partial charge on any atom is -0.478 e.